The fraction of sp³-hybridized carbons (Fsp3) is 0.111. The molecule has 1 aliphatic rings. The quantitative estimate of drug-likeness (QED) is 0.920. The third-order valence-electron chi connectivity index (χ3n) is 3.90. The highest BCUT2D eigenvalue weighted by Gasteiger charge is 2.53. The van der Waals surface area contributed by atoms with E-state index in [1.807, 2.05) is 60.7 Å². The van der Waals surface area contributed by atoms with E-state index in [4.69, 9.17) is 10.5 Å². The monoisotopic (exact) mass is 287 g/mol. The zero-order valence-corrected chi connectivity index (χ0v) is 11.7. The Morgan fingerprint density at radius 2 is 1.55 bits per heavy atom. The SMILES string of the molecule is N#CC1=C(N)OC(c2ccccc2)C1(C#N)c1ccccc1. The van der Waals surface area contributed by atoms with Crippen molar-refractivity contribution in [3.8, 4) is 12.1 Å². The van der Waals surface area contributed by atoms with Gasteiger partial charge in [0.05, 0.1) is 6.07 Å². The average Bonchev–Trinajstić information content (AvgIpc) is 2.89. The van der Waals surface area contributed by atoms with E-state index in [1.54, 1.807) is 0 Å². The molecule has 3 rings (SSSR count). The smallest absolute Gasteiger partial charge is 0.201 e. The third kappa shape index (κ3) is 1.82. The maximum atomic E-state index is 9.95. The Balaban J connectivity index is 2.26. The van der Waals surface area contributed by atoms with Crippen LogP contribution in [0.4, 0.5) is 0 Å². The maximum Gasteiger partial charge on any atom is 0.201 e. The molecule has 2 unspecified atom stereocenters. The summed E-state index contributed by atoms with van der Waals surface area (Å²) in [6.07, 6.45) is -0.643. The Morgan fingerprint density at radius 3 is 2.09 bits per heavy atom. The van der Waals surface area contributed by atoms with E-state index in [0.717, 1.165) is 5.56 Å². The zero-order chi connectivity index (χ0) is 15.6. The molecule has 1 aliphatic heterocycles. The zero-order valence-electron chi connectivity index (χ0n) is 11.7. The summed E-state index contributed by atoms with van der Waals surface area (Å²) in [4.78, 5) is 0. The van der Waals surface area contributed by atoms with Gasteiger partial charge in [-0.15, -0.1) is 0 Å². The van der Waals surface area contributed by atoms with Crippen molar-refractivity contribution in [3.63, 3.8) is 0 Å². The number of hydrogen-bond acceptors (Lipinski definition) is 4. The molecule has 2 aromatic carbocycles. The average molecular weight is 287 g/mol. The molecule has 4 heteroatoms. The van der Waals surface area contributed by atoms with Crippen molar-refractivity contribution in [3.05, 3.63) is 83.2 Å². The van der Waals surface area contributed by atoms with Gasteiger partial charge in [0.2, 0.25) is 5.88 Å². The van der Waals surface area contributed by atoms with Gasteiger partial charge in [0.15, 0.2) is 11.5 Å². The summed E-state index contributed by atoms with van der Waals surface area (Å²) in [5.41, 5.74) is 6.32. The van der Waals surface area contributed by atoms with E-state index in [2.05, 4.69) is 12.1 Å². The molecule has 0 aliphatic carbocycles. The number of hydrogen-bond donors (Lipinski definition) is 1. The van der Waals surface area contributed by atoms with E-state index in [-0.39, 0.29) is 11.5 Å². The van der Waals surface area contributed by atoms with Gasteiger partial charge in [-0.3, -0.25) is 0 Å². The standard InChI is InChI=1S/C18H13N3O/c19-11-15-17(21)22-16(13-7-3-1-4-8-13)18(15,12-20)14-9-5-2-6-10-14/h1-10,16H,21H2. The molecule has 0 saturated carbocycles. The van der Waals surface area contributed by atoms with E-state index in [0.29, 0.717) is 5.56 Å². The number of rotatable bonds is 2. The van der Waals surface area contributed by atoms with Crippen LogP contribution in [0, 0.1) is 22.7 Å². The highest BCUT2D eigenvalue weighted by molar-refractivity contribution is 5.56. The predicted molar refractivity (Wildman–Crippen MR) is 80.8 cm³/mol. The van der Waals surface area contributed by atoms with Crippen molar-refractivity contribution < 1.29 is 4.74 Å². The summed E-state index contributed by atoms with van der Waals surface area (Å²) in [6, 6.07) is 22.9. The van der Waals surface area contributed by atoms with E-state index in [1.165, 1.54) is 0 Å². The van der Waals surface area contributed by atoms with Gasteiger partial charge in [0.25, 0.3) is 0 Å². The lowest BCUT2D eigenvalue weighted by atomic mass is 9.71. The second kappa shape index (κ2) is 5.27. The van der Waals surface area contributed by atoms with Gasteiger partial charge in [-0.2, -0.15) is 10.5 Å². The normalized spacial score (nSPS) is 23.5. The molecule has 2 atom stereocenters. The lowest BCUT2D eigenvalue weighted by molar-refractivity contribution is 0.112. The predicted octanol–water partition coefficient (Wildman–Crippen LogP) is 2.91. The van der Waals surface area contributed by atoms with Gasteiger partial charge in [-0.05, 0) is 11.1 Å². The van der Waals surface area contributed by atoms with Crippen molar-refractivity contribution in [1.29, 1.82) is 10.5 Å². The third-order valence-corrected chi connectivity index (χ3v) is 3.90. The minimum atomic E-state index is -1.23. The molecule has 0 fully saturated rings. The van der Waals surface area contributed by atoms with Crippen molar-refractivity contribution in [2.75, 3.05) is 0 Å². The number of ether oxygens (including phenoxy) is 1. The van der Waals surface area contributed by atoms with Gasteiger partial charge in [-0.25, -0.2) is 0 Å². The van der Waals surface area contributed by atoms with Crippen LogP contribution in [-0.4, -0.2) is 0 Å². The molecule has 0 aromatic heterocycles. The van der Waals surface area contributed by atoms with Crippen LogP contribution in [0.5, 0.6) is 0 Å². The maximum absolute atomic E-state index is 9.95. The van der Waals surface area contributed by atoms with Crippen LogP contribution in [-0.2, 0) is 10.2 Å². The Bertz CT molecular complexity index is 800. The molecular formula is C18H13N3O. The van der Waals surface area contributed by atoms with Crippen molar-refractivity contribution in [2.24, 2.45) is 5.73 Å². The summed E-state index contributed by atoms with van der Waals surface area (Å²) in [5, 5.41) is 19.5. The number of nitriles is 2. The van der Waals surface area contributed by atoms with Crippen LogP contribution in [0.2, 0.25) is 0 Å². The van der Waals surface area contributed by atoms with Gasteiger partial charge >= 0.3 is 0 Å². The van der Waals surface area contributed by atoms with Crippen molar-refractivity contribution in [1.82, 2.24) is 0 Å². The first kappa shape index (κ1) is 13.7. The van der Waals surface area contributed by atoms with Crippen molar-refractivity contribution >= 4 is 0 Å². The number of benzene rings is 2. The first-order valence-corrected chi connectivity index (χ1v) is 6.82. The van der Waals surface area contributed by atoms with Crippen LogP contribution >= 0.6 is 0 Å². The molecular weight excluding hydrogens is 274 g/mol. The van der Waals surface area contributed by atoms with E-state index in [9.17, 15) is 10.5 Å². The molecule has 2 aromatic rings. The lowest BCUT2D eigenvalue weighted by Crippen LogP contribution is -2.31. The van der Waals surface area contributed by atoms with Gasteiger partial charge < -0.3 is 10.5 Å². The molecule has 2 N–H and O–H groups in total. The summed E-state index contributed by atoms with van der Waals surface area (Å²) in [5.74, 6) is 0.0155. The minimum Gasteiger partial charge on any atom is -0.468 e. The topological polar surface area (TPSA) is 82.8 Å². The second-order valence-corrected chi connectivity index (χ2v) is 5.05. The number of nitrogens with zero attached hydrogens (tertiary/aromatic N) is 2. The fourth-order valence-electron chi connectivity index (χ4n) is 2.86. The summed E-state index contributed by atoms with van der Waals surface area (Å²) in [6.45, 7) is 0. The van der Waals surface area contributed by atoms with E-state index < -0.39 is 11.5 Å². The van der Waals surface area contributed by atoms with Crippen LogP contribution < -0.4 is 5.73 Å². The van der Waals surface area contributed by atoms with Crippen LogP contribution in [0.3, 0.4) is 0 Å². The molecule has 0 spiro atoms. The molecule has 0 bridgehead atoms. The molecule has 4 nitrogen and oxygen atoms in total. The summed E-state index contributed by atoms with van der Waals surface area (Å²) < 4.78 is 5.72. The Kier molecular flexibility index (Phi) is 3.29. The molecule has 1 heterocycles. The highest BCUT2D eigenvalue weighted by Crippen LogP contribution is 2.50. The molecule has 0 radical (unpaired) electrons. The summed E-state index contributed by atoms with van der Waals surface area (Å²) >= 11 is 0. The first-order chi connectivity index (χ1) is 10.7. The van der Waals surface area contributed by atoms with Crippen LogP contribution in [0.25, 0.3) is 0 Å². The molecule has 22 heavy (non-hydrogen) atoms. The summed E-state index contributed by atoms with van der Waals surface area (Å²) in [7, 11) is 0. The molecule has 0 amide bonds. The van der Waals surface area contributed by atoms with Gasteiger partial charge in [-0.1, -0.05) is 60.7 Å². The fourth-order valence-corrected chi connectivity index (χ4v) is 2.86. The van der Waals surface area contributed by atoms with Crippen LogP contribution in [0.15, 0.2) is 72.1 Å². The Hall–Kier alpha value is -3.24. The largest absolute Gasteiger partial charge is 0.468 e. The van der Waals surface area contributed by atoms with E-state index >= 15 is 0 Å². The Labute approximate surface area is 128 Å². The van der Waals surface area contributed by atoms with Crippen LogP contribution in [0.1, 0.15) is 17.2 Å². The molecule has 0 saturated heterocycles. The second-order valence-electron chi connectivity index (χ2n) is 5.05. The molecule has 106 valence electrons. The van der Waals surface area contributed by atoms with Crippen molar-refractivity contribution in [2.45, 2.75) is 11.5 Å². The minimum absolute atomic E-state index is 0.0155. The number of nitrogens with two attached hydrogens (primary N) is 1. The first-order valence-electron chi connectivity index (χ1n) is 6.82. The van der Waals surface area contributed by atoms with Gasteiger partial charge in [0.1, 0.15) is 11.6 Å². The Morgan fingerprint density at radius 1 is 0.955 bits per heavy atom. The highest BCUT2D eigenvalue weighted by atomic mass is 16.5. The van der Waals surface area contributed by atoms with Gasteiger partial charge in [0, 0.05) is 0 Å². The lowest BCUT2D eigenvalue weighted by Gasteiger charge is -2.28.